The molecule has 5 nitrogen and oxygen atoms in total. The lowest BCUT2D eigenvalue weighted by atomic mass is 10.3. The maximum absolute atomic E-state index is 11.9. The highest BCUT2D eigenvalue weighted by molar-refractivity contribution is 9.11. The van der Waals surface area contributed by atoms with Gasteiger partial charge in [0, 0.05) is 12.3 Å². The van der Waals surface area contributed by atoms with Gasteiger partial charge in [0.25, 0.3) is 5.56 Å². The molecular formula is C10H7BrN2O3. The topological polar surface area (TPSA) is 68.0 Å². The second-order valence-corrected chi connectivity index (χ2v) is 3.46. The molecule has 1 N–H and O–H groups in total. The van der Waals surface area contributed by atoms with E-state index in [4.69, 9.17) is 4.42 Å². The van der Waals surface area contributed by atoms with Crippen LogP contribution < -0.4 is 11.2 Å². The largest absolute Gasteiger partial charge is 0.448 e. The Labute approximate surface area is 98.2 Å². The molecule has 0 fully saturated rings. The van der Waals surface area contributed by atoms with E-state index >= 15 is 0 Å². The molecule has 0 aliphatic rings. The summed E-state index contributed by atoms with van der Waals surface area (Å²) < 4.78 is 5.95. The molecule has 0 radical (unpaired) electrons. The van der Waals surface area contributed by atoms with E-state index in [2.05, 4.69) is 20.9 Å². The third-order valence-corrected chi connectivity index (χ3v) is 2.24. The molecule has 2 rings (SSSR count). The number of hydrogen-bond acceptors (Lipinski definition) is 3. The molecule has 6 heteroatoms. The summed E-state index contributed by atoms with van der Waals surface area (Å²) in [6.07, 6.45) is 4.29. The summed E-state index contributed by atoms with van der Waals surface area (Å²) in [5.41, 5.74) is -0.617. The Bertz CT molecular complexity index is 622. The minimum absolute atomic E-state index is 0.191. The molecule has 0 aliphatic carbocycles. The average molecular weight is 283 g/mol. The first-order valence-corrected chi connectivity index (χ1v) is 5.31. The molecule has 0 saturated heterocycles. The van der Waals surface area contributed by atoms with Crippen LogP contribution in [0.4, 0.5) is 0 Å². The lowest BCUT2D eigenvalue weighted by Gasteiger charge is -2.00. The summed E-state index contributed by atoms with van der Waals surface area (Å²) in [7, 11) is 0. The third-order valence-electron chi connectivity index (χ3n) is 1.97. The SMILES string of the molecule is O=c1[nH]cc(/C=C/Br)c(=O)n1-c1ccco1. The zero-order chi connectivity index (χ0) is 11.5. The molecule has 0 bridgehead atoms. The molecular weight excluding hydrogens is 276 g/mol. The van der Waals surface area contributed by atoms with Gasteiger partial charge in [-0.3, -0.25) is 4.79 Å². The van der Waals surface area contributed by atoms with E-state index in [0.717, 1.165) is 4.57 Å². The highest BCUT2D eigenvalue weighted by atomic mass is 79.9. The lowest BCUT2D eigenvalue weighted by molar-refractivity contribution is 0.526. The third kappa shape index (κ3) is 1.79. The van der Waals surface area contributed by atoms with Crippen LogP contribution in [0.3, 0.4) is 0 Å². The van der Waals surface area contributed by atoms with Crippen molar-refractivity contribution in [2.24, 2.45) is 0 Å². The van der Waals surface area contributed by atoms with Crippen molar-refractivity contribution >= 4 is 22.0 Å². The number of halogens is 1. The molecule has 0 amide bonds. The molecule has 16 heavy (non-hydrogen) atoms. The number of hydrogen-bond donors (Lipinski definition) is 1. The molecule has 2 heterocycles. The zero-order valence-corrected chi connectivity index (χ0v) is 9.60. The fourth-order valence-electron chi connectivity index (χ4n) is 1.27. The molecule has 2 aromatic heterocycles. The summed E-state index contributed by atoms with van der Waals surface area (Å²) in [5, 5.41) is 0. The predicted octanol–water partition coefficient (Wildman–Crippen LogP) is 1.48. The Morgan fingerprint density at radius 2 is 2.25 bits per heavy atom. The normalized spacial score (nSPS) is 11.1. The summed E-state index contributed by atoms with van der Waals surface area (Å²) in [6.45, 7) is 0. The first-order valence-electron chi connectivity index (χ1n) is 4.39. The van der Waals surface area contributed by atoms with Crippen molar-refractivity contribution in [3.8, 4) is 5.88 Å². The van der Waals surface area contributed by atoms with Gasteiger partial charge in [-0.15, -0.1) is 0 Å². The van der Waals surface area contributed by atoms with Gasteiger partial charge in [-0.2, -0.15) is 4.57 Å². The molecule has 0 aromatic carbocycles. The van der Waals surface area contributed by atoms with Gasteiger partial charge in [0.05, 0.1) is 11.8 Å². The van der Waals surface area contributed by atoms with Crippen LogP contribution in [0.1, 0.15) is 5.56 Å². The van der Waals surface area contributed by atoms with Crippen molar-refractivity contribution in [2.75, 3.05) is 0 Å². The minimum Gasteiger partial charge on any atom is -0.448 e. The Morgan fingerprint density at radius 3 is 2.88 bits per heavy atom. The van der Waals surface area contributed by atoms with Crippen LogP contribution in [0.15, 0.2) is 43.6 Å². The van der Waals surface area contributed by atoms with Gasteiger partial charge in [0.2, 0.25) is 5.88 Å². The zero-order valence-electron chi connectivity index (χ0n) is 8.01. The van der Waals surface area contributed by atoms with Gasteiger partial charge in [0.15, 0.2) is 0 Å². The lowest BCUT2D eigenvalue weighted by Crippen LogP contribution is -2.34. The highest BCUT2D eigenvalue weighted by Gasteiger charge is 2.09. The van der Waals surface area contributed by atoms with Gasteiger partial charge in [-0.05, 0) is 17.1 Å². The Balaban J connectivity index is 2.75. The van der Waals surface area contributed by atoms with Crippen LogP contribution in [-0.2, 0) is 0 Å². The van der Waals surface area contributed by atoms with Crippen LogP contribution in [0.25, 0.3) is 12.0 Å². The molecule has 0 atom stereocenters. The quantitative estimate of drug-likeness (QED) is 0.907. The fraction of sp³-hybridized carbons (Fsp3) is 0. The van der Waals surface area contributed by atoms with Crippen LogP contribution in [0.5, 0.6) is 0 Å². The molecule has 82 valence electrons. The van der Waals surface area contributed by atoms with E-state index < -0.39 is 11.2 Å². The number of aromatic nitrogens is 2. The van der Waals surface area contributed by atoms with E-state index in [-0.39, 0.29) is 5.88 Å². The van der Waals surface area contributed by atoms with E-state index in [9.17, 15) is 9.59 Å². The van der Waals surface area contributed by atoms with Crippen LogP contribution in [-0.4, -0.2) is 9.55 Å². The second kappa shape index (κ2) is 4.36. The van der Waals surface area contributed by atoms with Crippen molar-refractivity contribution in [3.63, 3.8) is 0 Å². The number of nitrogens with zero attached hydrogens (tertiary/aromatic N) is 1. The number of furan rings is 1. The van der Waals surface area contributed by atoms with Crippen LogP contribution >= 0.6 is 15.9 Å². The van der Waals surface area contributed by atoms with Crippen LogP contribution in [0, 0.1) is 0 Å². The van der Waals surface area contributed by atoms with Gasteiger partial charge < -0.3 is 9.40 Å². The van der Waals surface area contributed by atoms with Crippen molar-refractivity contribution in [1.29, 1.82) is 0 Å². The monoisotopic (exact) mass is 282 g/mol. The molecule has 0 unspecified atom stereocenters. The molecule has 0 saturated carbocycles. The van der Waals surface area contributed by atoms with Gasteiger partial charge in [-0.1, -0.05) is 15.9 Å². The number of aromatic amines is 1. The Hall–Kier alpha value is -1.82. The van der Waals surface area contributed by atoms with Gasteiger partial charge in [0.1, 0.15) is 0 Å². The van der Waals surface area contributed by atoms with E-state index in [1.807, 2.05) is 0 Å². The van der Waals surface area contributed by atoms with Crippen molar-refractivity contribution in [3.05, 3.63) is 56.0 Å². The first kappa shape index (κ1) is 10.7. The Morgan fingerprint density at radius 1 is 1.44 bits per heavy atom. The fourth-order valence-corrected chi connectivity index (χ4v) is 1.56. The summed E-state index contributed by atoms with van der Waals surface area (Å²) in [5.74, 6) is 0.191. The average Bonchev–Trinajstić information content (AvgIpc) is 2.76. The van der Waals surface area contributed by atoms with Crippen LogP contribution in [0.2, 0.25) is 0 Å². The smallest absolute Gasteiger partial charge is 0.335 e. The van der Waals surface area contributed by atoms with E-state index in [1.54, 1.807) is 6.07 Å². The van der Waals surface area contributed by atoms with Crippen molar-refractivity contribution < 1.29 is 4.42 Å². The predicted molar refractivity (Wildman–Crippen MR) is 62.9 cm³/mol. The van der Waals surface area contributed by atoms with E-state index in [0.29, 0.717) is 5.56 Å². The van der Waals surface area contributed by atoms with Crippen molar-refractivity contribution in [1.82, 2.24) is 9.55 Å². The molecule has 0 spiro atoms. The number of nitrogens with one attached hydrogen (secondary N) is 1. The standard InChI is InChI=1S/C10H7BrN2O3/c11-4-3-7-6-12-10(15)13(9(7)14)8-2-1-5-16-8/h1-6H,(H,12,15)/b4-3+. The maximum Gasteiger partial charge on any atom is 0.335 e. The molecule has 0 aliphatic heterocycles. The number of H-pyrrole nitrogens is 1. The maximum atomic E-state index is 11.9. The summed E-state index contributed by atoms with van der Waals surface area (Å²) >= 11 is 3.07. The summed E-state index contributed by atoms with van der Waals surface area (Å²) in [6, 6.07) is 3.15. The highest BCUT2D eigenvalue weighted by Crippen LogP contribution is 2.03. The Kier molecular flexibility index (Phi) is 2.91. The first-order chi connectivity index (χ1) is 7.74. The number of rotatable bonds is 2. The minimum atomic E-state index is -0.535. The van der Waals surface area contributed by atoms with E-state index in [1.165, 1.54) is 29.6 Å². The van der Waals surface area contributed by atoms with Gasteiger partial charge >= 0.3 is 5.69 Å². The summed E-state index contributed by atoms with van der Waals surface area (Å²) in [4.78, 5) is 27.4. The molecule has 2 aromatic rings. The van der Waals surface area contributed by atoms with Crippen molar-refractivity contribution in [2.45, 2.75) is 0 Å². The van der Waals surface area contributed by atoms with Gasteiger partial charge in [-0.25, -0.2) is 4.79 Å². The second-order valence-electron chi connectivity index (χ2n) is 2.93.